The van der Waals surface area contributed by atoms with Crippen LogP contribution in [-0.2, 0) is 0 Å². The molecule has 1 aliphatic carbocycles. The van der Waals surface area contributed by atoms with E-state index in [4.69, 9.17) is 4.74 Å². The molecule has 0 aromatic heterocycles. The second-order valence-corrected chi connectivity index (χ2v) is 5.72. The van der Waals surface area contributed by atoms with Gasteiger partial charge in [-0.1, -0.05) is 44.9 Å². The maximum atomic E-state index is 5.81. The van der Waals surface area contributed by atoms with Crippen LogP contribution >= 0.6 is 0 Å². The van der Waals surface area contributed by atoms with Gasteiger partial charge in [0.2, 0.25) is 0 Å². The molecule has 19 heavy (non-hydrogen) atoms. The van der Waals surface area contributed by atoms with Gasteiger partial charge in [-0.15, -0.1) is 0 Å². The second kappa shape index (κ2) is 6.79. The zero-order valence-corrected chi connectivity index (χ0v) is 12.3. The summed E-state index contributed by atoms with van der Waals surface area (Å²) >= 11 is 0. The zero-order valence-electron chi connectivity index (χ0n) is 12.3. The number of hydrogen-bond acceptors (Lipinski definition) is 1. The zero-order chi connectivity index (χ0) is 13.7. The van der Waals surface area contributed by atoms with Crippen LogP contribution in [0, 0.1) is 5.92 Å². The average Bonchev–Trinajstić information content (AvgIpc) is 2.48. The average molecular weight is 258 g/mol. The van der Waals surface area contributed by atoms with E-state index in [1.165, 1.54) is 43.2 Å². The van der Waals surface area contributed by atoms with Gasteiger partial charge in [0.05, 0.1) is 6.10 Å². The summed E-state index contributed by atoms with van der Waals surface area (Å²) in [6.07, 6.45) is 8.06. The van der Waals surface area contributed by atoms with E-state index in [2.05, 4.69) is 44.7 Å². The SMILES string of the molecule is C=C(c1ccc(OC(C)CC)cc1)C1CCCCC1. The van der Waals surface area contributed by atoms with E-state index in [1.807, 2.05) is 0 Å². The van der Waals surface area contributed by atoms with Crippen LogP contribution < -0.4 is 4.74 Å². The van der Waals surface area contributed by atoms with E-state index >= 15 is 0 Å². The molecule has 0 aliphatic heterocycles. The summed E-state index contributed by atoms with van der Waals surface area (Å²) < 4.78 is 5.81. The highest BCUT2D eigenvalue weighted by Gasteiger charge is 2.17. The van der Waals surface area contributed by atoms with Crippen molar-refractivity contribution in [2.45, 2.75) is 58.5 Å². The number of rotatable bonds is 5. The van der Waals surface area contributed by atoms with Crippen LogP contribution in [0.5, 0.6) is 5.75 Å². The number of benzene rings is 1. The third kappa shape index (κ3) is 3.86. The maximum absolute atomic E-state index is 5.81. The van der Waals surface area contributed by atoms with Crippen molar-refractivity contribution in [3.05, 3.63) is 36.4 Å². The van der Waals surface area contributed by atoms with Crippen molar-refractivity contribution >= 4 is 5.57 Å². The van der Waals surface area contributed by atoms with Crippen molar-refractivity contribution in [2.24, 2.45) is 5.92 Å². The predicted molar refractivity (Wildman–Crippen MR) is 82.4 cm³/mol. The van der Waals surface area contributed by atoms with Gasteiger partial charge in [0.1, 0.15) is 5.75 Å². The van der Waals surface area contributed by atoms with Crippen LogP contribution in [0.4, 0.5) is 0 Å². The van der Waals surface area contributed by atoms with Gasteiger partial charge in [-0.2, -0.15) is 0 Å². The van der Waals surface area contributed by atoms with Crippen molar-refractivity contribution in [3.8, 4) is 5.75 Å². The monoisotopic (exact) mass is 258 g/mol. The van der Waals surface area contributed by atoms with Crippen molar-refractivity contribution in [1.82, 2.24) is 0 Å². The molecule has 104 valence electrons. The third-order valence-electron chi connectivity index (χ3n) is 4.24. The highest BCUT2D eigenvalue weighted by atomic mass is 16.5. The van der Waals surface area contributed by atoms with Gasteiger partial charge in [-0.3, -0.25) is 0 Å². The lowest BCUT2D eigenvalue weighted by Crippen LogP contribution is -2.10. The summed E-state index contributed by atoms with van der Waals surface area (Å²) in [5.41, 5.74) is 2.60. The molecule has 0 N–H and O–H groups in total. The van der Waals surface area contributed by atoms with Crippen LogP contribution in [-0.4, -0.2) is 6.10 Å². The number of allylic oxidation sites excluding steroid dienone is 1. The Kier molecular flexibility index (Phi) is 5.07. The van der Waals surface area contributed by atoms with Crippen LogP contribution in [0.2, 0.25) is 0 Å². The molecule has 1 fully saturated rings. The summed E-state index contributed by atoms with van der Waals surface area (Å²) in [7, 11) is 0. The summed E-state index contributed by atoms with van der Waals surface area (Å²) in [6.45, 7) is 8.56. The van der Waals surface area contributed by atoms with Gasteiger partial charge >= 0.3 is 0 Å². The van der Waals surface area contributed by atoms with Crippen molar-refractivity contribution in [1.29, 1.82) is 0 Å². The first-order valence-electron chi connectivity index (χ1n) is 7.66. The van der Waals surface area contributed by atoms with Gasteiger partial charge < -0.3 is 4.74 Å². The molecule has 1 aromatic rings. The highest BCUT2D eigenvalue weighted by molar-refractivity contribution is 5.65. The van der Waals surface area contributed by atoms with Crippen molar-refractivity contribution < 1.29 is 4.74 Å². The first-order chi connectivity index (χ1) is 9.20. The van der Waals surface area contributed by atoms with Gasteiger partial charge in [0, 0.05) is 0 Å². The summed E-state index contributed by atoms with van der Waals surface area (Å²) in [5, 5.41) is 0. The van der Waals surface area contributed by atoms with E-state index in [0.29, 0.717) is 5.92 Å². The van der Waals surface area contributed by atoms with Gasteiger partial charge in [0.25, 0.3) is 0 Å². The largest absolute Gasteiger partial charge is 0.491 e. The molecule has 1 atom stereocenters. The minimum atomic E-state index is 0.285. The Labute approximate surface area is 117 Å². The molecule has 0 radical (unpaired) electrons. The Hall–Kier alpha value is -1.24. The van der Waals surface area contributed by atoms with Gasteiger partial charge in [-0.25, -0.2) is 0 Å². The Morgan fingerprint density at radius 1 is 1.21 bits per heavy atom. The predicted octanol–water partition coefficient (Wildman–Crippen LogP) is 5.46. The molecule has 1 nitrogen and oxygen atoms in total. The first-order valence-corrected chi connectivity index (χ1v) is 7.66. The molecule has 2 rings (SSSR count). The molecule has 1 unspecified atom stereocenters. The molecule has 0 spiro atoms. The quantitative estimate of drug-likeness (QED) is 0.681. The lowest BCUT2D eigenvalue weighted by atomic mass is 9.82. The Bertz CT molecular complexity index is 398. The van der Waals surface area contributed by atoms with Crippen molar-refractivity contribution in [3.63, 3.8) is 0 Å². The fourth-order valence-corrected chi connectivity index (χ4v) is 2.75. The smallest absolute Gasteiger partial charge is 0.119 e. The molecule has 0 heterocycles. The van der Waals surface area contributed by atoms with Gasteiger partial charge in [0.15, 0.2) is 0 Å². The van der Waals surface area contributed by atoms with E-state index in [1.54, 1.807) is 0 Å². The second-order valence-electron chi connectivity index (χ2n) is 5.72. The summed E-state index contributed by atoms with van der Waals surface area (Å²) in [4.78, 5) is 0. The molecule has 1 heteroatoms. The van der Waals surface area contributed by atoms with Crippen LogP contribution in [0.1, 0.15) is 57.9 Å². The fourth-order valence-electron chi connectivity index (χ4n) is 2.75. The molecular weight excluding hydrogens is 232 g/mol. The first kappa shape index (κ1) is 14.2. The molecule has 1 aliphatic rings. The Morgan fingerprint density at radius 3 is 2.42 bits per heavy atom. The lowest BCUT2D eigenvalue weighted by Gasteiger charge is -2.24. The maximum Gasteiger partial charge on any atom is 0.119 e. The van der Waals surface area contributed by atoms with E-state index in [-0.39, 0.29) is 6.10 Å². The topological polar surface area (TPSA) is 9.23 Å². The highest BCUT2D eigenvalue weighted by Crippen LogP contribution is 2.34. The lowest BCUT2D eigenvalue weighted by molar-refractivity contribution is 0.217. The van der Waals surface area contributed by atoms with E-state index in [0.717, 1.165) is 12.2 Å². The van der Waals surface area contributed by atoms with Crippen LogP contribution in [0.15, 0.2) is 30.8 Å². The standard InChI is InChI=1S/C18H26O/c1-4-14(2)19-18-12-10-17(11-13-18)15(3)16-8-6-5-7-9-16/h10-14,16H,3-9H2,1-2H3. The summed E-state index contributed by atoms with van der Waals surface area (Å²) in [5.74, 6) is 1.66. The van der Waals surface area contributed by atoms with Crippen LogP contribution in [0.3, 0.4) is 0 Å². The molecule has 0 amide bonds. The van der Waals surface area contributed by atoms with E-state index < -0.39 is 0 Å². The fraction of sp³-hybridized carbons (Fsp3) is 0.556. The Balaban J connectivity index is 1.99. The minimum Gasteiger partial charge on any atom is -0.491 e. The third-order valence-corrected chi connectivity index (χ3v) is 4.24. The number of hydrogen-bond donors (Lipinski definition) is 0. The molecular formula is C18H26O. The Morgan fingerprint density at radius 2 is 1.84 bits per heavy atom. The number of ether oxygens (including phenoxy) is 1. The van der Waals surface area contributed by atoms with E-state index in [9.17, 15) is 0 Å². The molecule has 0 saturated heterocycles. The van der Waals surface area contributed by atoms with Crippen molar-refractivity contribution in [2.75, 3.05) is 0 Å². The molecule has 1 saturated carbocycles. The molecule has 1 aromatic carbocycles. The molecule has 0 bridgehead atoms. The normalized spacial score (nSPS) is 18.0. The minimum absolute atomic E-state index is 0.285. The van der Waals surface area contributed by atoms with Crippen LogP contribution in [0.25, 0.3) is 5.57 Å². The summed E-state index contributed by atoms with van der Waals surface area (Å²) in [6, 6.07) is 8.48. The van der Waals surface area contributed by atoms with Gasteiger partial charge in [-0.05, 0) is 55.4 Å².